The maximum absolute atomic E-state index is 14.2. The summed E-state index contributed by atoms with van der Waals surface area (Å²) in [6, 6.07) is -0.168. The SMILES string of the molecule is CC(C)C(=O)N[C@@H](Cc1ccc(O)cc1)C(=O)N[C@@H](CCCN=C(N)N)C(=O)N[C@@H](Cc1cnc[nH]1)C(=O)N[C@@H](CCCN=C(N)N)C(=O)N[C@@H](CCCN=C(N)N)C(N)=O. The molecule has 0 bridgehead atoms. The van der Waals surface area contributed by atoms with Crippen LogP contribution in [0.15, 0.2) is 51.8 Å². The van der Waals surface area contributed by atoms with Crippen LogP contribution in [0.1, 0.15) is 63.6 Å². The van der Waals surface area contributed by atoms with Crippen molar-refractivity contribution >= 4 is 53.3 Å². The summed E-state index contributed by atoms with van der Waals surface area (Å²) in [6.07, 6.45) is 3.45. The van der Waals surface area contributed by atoms with Gasteiger partial charge in [-0.15, -0.1) is 0 Å². The molecule has 0 saturated carbocycles. The van der Waals surface area contributed by atoms with E-state index < -0.39 is 71.6 Å². The minimum Gasteiger partial charge on any atom is -0.508 e. The first-order valence-electron chi connectivity index (χ1n) is 19.6. The van der Waals surface area contributed by atoms with E-state index in [4.69, 9.17) is 40.1 Å². The number of hydrogen-bond donors (Lipinski definition) is 14. The van der Waals surface area contributed by atoms with Crippen molar-refractivity contribution in [2.45, 2.75) is 95.4 Å². The molecular formula is C37H61N17O7. The number of carbonyl (C=O) groups excluding carboxylic acids is 6. The summed E-state index contributed by atoms with van der Waals surface area (Å²) in [5, 5.41) is 23.1. The molecule has 1 aromatic carbocycles. The number of phenolic OH excluding ortho intramolecular Hbond substituents is 1. The third-order valence-corrected chi connectivity index (χ3v) is 8.91. The van der Waals surface area contributed by atoms with E-state index in [1.165, 1.54) is 24.7 Å². The number of H-pyrrole nitrogens is 1. The number of primary amides is 1. The third-order valence-electron chi connectivity index (χ3n) is 8.91. The molecule has 1 aromatic heterocycles. The van der Waals surface area contributed by atoms with Crippen LogP contribution in [0.2, 0.25) is 0 Å². The van der Waals surface area contributed by atoms with Gasteiger partial charge in [0.05, 0.1) is 6.33 Å². The van der Waals surface area contributed by atoms with Crippen molar-refractivity contribution in [1.82, 2.24) is 36.6 Å². The number of guanidine groups is 3. The van der Waals surface area contributed by atoms with Crippen molar-refractivity contribution in [3.8, 4) is 5.75 Å². The summed E-state index contributed by atoms with van der Waals surface area (Å²) in [5.41, 5.74) is 39.2. The van der Waals surface area contributed by atoms with Gasteiger partial charge in [-0.1, -0.05) is 26.0 Å². The summed E-state index contributed by atoms with van der Waals surface area (Å²) in [5.74, 6) is -5.33. The molecule has 0 radical (unpaired) electrons. The maximum atomic E-state index is 14.2. The number of nitrogens with two attached hydrogens (primary N) is 7. The number of nitrogens with one attached hydrogen (secondary N) is 6. The molecule has 6 amide bonds. The van der Waals surface area contributed by atoms with Crippen molar-refractivity contribution < 1.29 is 33.9 Å². The highest BCUT2D eigenvalue weighted by Crippen LogP contribution is 2.13. The number of aromatic nitrogens is 2. The molecule has 21 N–H and O–H groups in total. The number of carbonyl (C=O) groups is 6. The highest BCUT2D eigenvalue weighted by Gasteiger charge is 2.33. The molecule has 0 fully saturated rings. The number of benzene rings is 1. The van der Waals surface area contributed by atoms with Gasteiger partial charge in [0.2, 0.25) is 35.4 Å². The lowest BCUT2D eigenvalue weighted by Gasteiger charge is -2.27. The van der Waals surface area contributed by atoms with Crippen molar-refractivity contribution in [1.29, 1.82) is 0 Å². The van der Waals surface area contributed by atoms with E-state index in [1.54, 1.807) is 26.0 Å². The number of nitrogens with zero attached hydrogens (tertiary/aromatic N) is 4. The largest absolute Gasteiger partial charge is 0.508 e. The fourth-order valence-corrected chi connectivity index (χ4v) is 5.66. The van der Waals surface area contributed by atoms with E-state index >= 15 is 0 Å². The van der Waals surface area contributed by atoms with Crippen LogP contribution in [0, 0.1) is 5.92 Å². The fourth-order valence-electron chi connectivity index (χ4n) is 5.66. The quantitative estimate of drug-likeness (QED) is 0.0229. The summed E-state index contributed by atoms with van der Waals surface area (Å²) in [7, 11) is 0. The summed E-state index contributed by atoms with van der Waals surface area (Å²) in [4.78, 5) is 99.6. The summed E-state index contributed by atoms with van der Waals surface area (Å²) in [6.45, 7) is 3.66. The Labute approximate surface area is 353 Å². The van der Waals surface area contributed by atoms with E-state index in [2.05, 4.69) is 51.5 Å². The molecule has 2 rings (SSSR count). The van der Waals surface area contributed by atoms with Crippen molar-refractivity contribution in [3.05, 3.63) is 48.0 Å². The summed E-state index contributed by atoms with van der Waals surface area (Å²) < 4.78 is 0. The molecule has 0 aliphatic rings. The van der Waals surface area contributed by atoms with Gasteiger partial charge in [-0.3, -0.25) is 43.7 Å². The third kappa shape index (κ3) is 19.9. The summed E-state index contributed by atoms with van der Waals surface area (Å²) >= 11 is 0. The van der Waals surface area contributed by atoms with Crippen LogP contribution in [0.25, 0.3) is 0 Å². The molecule has 2 aromatic rings. The van der Waals surface area contributed by atoms with Crippen molar-refractivity contribution in [3.63, 3.8) is 0 Å². The minimum atomic E-state index is -1.36. The number of phenols is 1. The van der Waals surface area contributed by atoms with Crippen LogP contribution >= 0.6 is 0 Å². The van der Waals surface area contributed by atoms with Crippen molar-refractivity contribution in [2.24, 2.45) is 61.0 Å². The first-order chi connectivity index (χ1) is 28.9. The number of rotatable bonds is 27. The van der Waals surface area contributed by atoms with Gasteiger partial charge in [0, 0.05) is 50.3 Å². The lowest BCUT2D eigenvalue weighted by molar-refractivity contribution is -0.135. The van der Waals surface area contributed by atoms with Crippen LogP contribution in [0.5, 0.6) is 5.75 Å². The lowest BCUT2D eigenvalue weighted by Crippen LogP contribution is -2.59. The van der Waals surface area contributed by atoms with Gasteiger partial charge in [0.15, 0.2) is 17.9 Å². The monoisotopic (exact) mass is 855 g/mol. The Balaban J connectivity index is 2.44. The minimum absolute atomic E-state index is 0.00550. The Morgan fingerprint density at radius 1 is 0.590 bits per heavy atom. The van der Waals surface area contributed by atoms with E-state index in [-0.39, 0.29) is 94.6 Å². The zero-order valence-electron chi connectivity index (χ0n) is 34.4. The van der Waals surface area contributed by atoms with Gasteiger partial charge in [-0.2, -0.15) is 0 Å². The van der Waals surface area contributed by atoms with E-state index in [0.29, 0.717) is 11.3 Å². The van der Waals surface area contributed by atoms with Gasteiger partial charge in [0.25, 0.3) is 0 Å². The zero-order chi connectivity index (χ0) is 45.5. The topological polar surface area (TPSA) is 431 Å². The molecule has 0 spiro atoms. The number of hydrogen-bond acceptors (Lipinski definition) is 11. The molecule has 61 heavy (non-hydrogen) atoms. The Morgan fingerprint density at radius 3 is 1.39 bits per heavy atom. The Hall–Kier alpha value is -7.14. The normalized spacial score (nSPS) is 13.2. The molecule has 1 heterocycles. The van der Waals surface area contributed by atoms with Gasteiger partial charge in [-0.05, 0) is 56.2 Å². The molecule has 336 valence electrons. The van der Waals surface area contributed by atoms with Gasteiger partial charge >= 0.3 is 0 Å². The molecular weight excluding hydrogens is 795 g/mol. The standard InChI is InChI=1S/C37H61N17O7/c1-20(2)30(57)53-27(16-21-9-11-23(55)12-10-21)33(60)51-26(8-5-15-48-37(43)44)32(59)54-28(17-22-18-45-19-49-22)34(61)52-25(7-4-14-47-36(41)42)31(58)50-24(29(38)56)6-3-13-46-35(39)40/h9-12,18-20,24-28,55H,3-8,13-17H2,1-2H3,(H2,38,56)(H,45,49)(H,50,58)(H,51,60)(H,52,61)(H,53,57)(H,54,59)(H4,39,40,46)(H4,41,42,47)(H4,43,44,48)/t24-,25-,26-,27-,28-/m0/s1. The van der Waals surface area contributed by atoms with Gasteiger partial charge in [-0.25, -0.2) is 4.98 Å². The molecule has 5 atom stereocenters. The number of aliphatic imine (C=N–C) groups is 3. The predicted molar refractivity (Wildman–Crippen MR) is 228 cm³/mol. The maximum Gasteiger partial charge on any atom is 0.243 e. The van der Waals surface area contributed by atoms with Crippen molar-refractivity contribution in [2.75, 3.05) is 19.6 Å². The molecule has 0 unspecified atom stereocenters. The van der Waals surface area contributed by atoms with Crippen LogP contribution in [-0.2, 0) is 41.6 Å². The second kappa shape index (κ2) is 26.1. The fraction of sp³-hybridized carbons (Fsp3) is 0.514. The van der Waals surface area contributed by atoms with Gasteiger partial charge in [0.1, 0.15) is 36.0 Å². The van der Waals surface area contributed by atoms with E-state index in [9.17, 15) is 33.9 Å². The first-order valence-corrected chi connectivity index (χ1v) is 19.6. The Kier molecular flexibility index (Phi) is 21.4. The smallest absolute Gasteiger partial charge is 0.243 e. The molecule has 0 saturated heterocycles. The second-order valence-electron chi connectivity index (χ2n) is 14.4. The average Bonchev–Trinajstić information content (AvgIpc) is 3.71. The highest BCUT2D eigenvalue weighted by atomic mass is 16.3. The van der Waals surface area contributed by atoms with Crippen LogP contribution in [-0.4, -0.2) is 118 Å². The molecule has 0 aliphatic heterocycles. The van der Waals surface area contributed by atoms with E-state index in [1.807, 2.05) is 0 Å². The number of amides is 6. The number of imidazole rings is 1. The van der Waals surface area contributed by atoms with Crippen LogP contribution in [0.3, 0.4) is 0 Å². The molecule has 24 nitrogen and oxygen atoms in total. The zero-order valence-corrected chi connectivity index (χ0v) is 34.4. The predicted octanol–water partition coefficient (Wildman–Crippen LogP) is -4.37. The van der Waals surface area contributed by atoms with Gasteiger partial charge < -0.3 is 76.8 Å². The lowest BCUT2D eigenvalue weighted by atomic mass is 10.0. The Morgan fingerprint density at radius 2 is 0.984 bits per heavy atom. The van der Waals surface area contributed by atoms with Crippen LogP contribution in [0.4, 0.5) is 0 Å². The van der Waals surface area contributed by atoms with Crippen LogP contribution < -0.4 is 66.7 Å². The number of aromatic hydroxyl groups is 1. The molecule has 24 heteroatoms. The van der Waals surface area contributed by atoms with E-state index in [0.717, 1.165) is 0 Å². The average molecular weight is 856 g/mol. The number of aromatic amines is 1. The second-order valence-corrected chi connectivity index (χ2v) is 14.4. The molecule has 0 aliphatic carbocycles. The first kappa shape index (κ1) is 50.0. The Bertz CT molecular complexity index is 1820. The highest BCUT2D eigenvalue weighted by molar-refractivity contribution is 5.96.